The van der Waals surface area contributed by atoms with E-state index in [0.717, 1.165) is 18.5 Å². The van der Waals surface area contributed by atoms with Crippen molar-refractivity contribution in [3.63, 3.8) is 0 Å². The van der Waals surface area contributed by atoms with Crippen LogP contribution in [0.2, 0.25) is 5.02 Å². The topological polar surface area (TPSA) is 41.1 Å². The average molecular weight is 267 g/mol. The molecule has 1 aromatic carbocycles. The van der Waals surface area contributed by atoms with E-state index in [-0.39, 0.29) is 18.0 Å². The van der Waals surface area contributed by atoms with Gasteiger partial charge in [0.2, 0.25) is 5.91 Å². The molecular weight excluding hydrogens is 248 g/mol. The molecule has 1 aliphatic heterocycles. The lowest BCUT2D eigenvalue weighted by atomic mass is 10.0. The molecule has 1 aliphatic rings. The van der Waals surface area contributed by atoms with Crippen molar-refractivity contribution in [2.24, 2.45) is 5.92 Å². The van der Waals surface area contributed by atoms with Gasteiger partial charge in [0.25, 0.3) is 0 Å². The van der Waals surface area contributed by atoms with E-state index >= 15 is 0 Å². The fourth-order valence-corrected chi connectivity index (χ4v) is 2.69. The maximum atomic E-state index is 12.1. The van der Waals surface area contributed by atoms with Crippen LogP contribution in [0.25, 0.3) is 0 Å². The van der Waals surface area contributed by atoms with Crippen LogP contribution in [-0.2, 0) is 4.79 Å². The van der Waals surface area contributed by atoms with Crippen molar-refractivity contribution in [2.45, 2.75) is 32.4 Å². The van der Waals surface area contributed by atoms with Crippen LogP contribution in [0.3, 0.4) is 0 Å². The minimum atomic E-state index is -0.0741. The lowest BCUT2D eigenvalue weighted by Crippen LogP contribution is -2.44. The molecule has 0 spiro atoms. The molecule has 98 valence electrons. The number of carbonyl (C=O) groups excluding carboxylic acids is 1. The van der Waals surface area contributed by atoms with Gasteiger partial charge in [-0.1, -0.05) is 36.7 Å². The number of nitrogens with one attached hydrogen (secondary N) is 2. The van der Waals surface area contributed by atoms with Crippen molar-refractivity contribution in [3.05, 3.63) is 34.9 Å². The molecule has 1 amide bonds. The fourth-order valence-electron chi connectivity index (χ4n) is 2.39. The minimum Gasteiger partial charge on any atom is -0.348 e. The van der Waals surface area contributed by atoms with Crippen LogP contribution in [0.15, 0.2) is 24.3 Å². The highest BCUT2D eigenvalue weighted by atomic mass is 35.5. The molecule has 3 atom stereocenters. The summed E-state index contributed by atoms with van der Waals surface area (Å²) in [6.07, 6.45) is 1.05. The molecule has 0 saturated carbocycles. The van der Waals surface area contributed by atoms with Crippen LogP contribution in [-0.4, -0.2) is 18.5 Å². The van der Waals surface area contributed by atoms with Gasteiger partial charge in [-0.25, -0.2) is 0 Å². The molecule has 0 aliphatic carbocycles. The predicted molar refractivity (Wildman–Crippen MR) is 73.6 cm³/mol. The summed E-state index contributed by atoms with van der Waals surface area (Å²) in [5.41, 5.74) is 0.957. The van der Waals surface area contributed by atoms with Crippen LogP contribution in [0.4, 0.5) is 0 Å². The minimum absolute atomic E-state index is 0.0624. The van der Waals surface area contributed by atoms with Gasteiger partial charge in [-0.3, -0.25) is 4.79 Å². The second-order valence-electron chi connectivity index (χ2n) is 4.95. The number of rotatable bonds is 3. The van der Waals surface area contributed by atoms with Gasteiger partial charge in [-0.2, -0.15) is 0 Å². The van der Waals surface area contributed by atoms with E-state index in [1.54, 1.807) is 0 Å². The maximum Gasteiger partial charge on any atom is 0.237 e. The third-order valence-electron chi connectivity index (χ3n) is 3.55. The fraction of sp³-hybridized carbons (Fsp3) is 0.500. The average Bonchev–Trinajstić information content (AvgIpc) is 2.76. The first-order chi connectivity index (χ1) is 8.59. The van der Waals surface area contributed by atoms with Gasteiger partial charge in [0.1, 0.15) is 0 Å². The second kappa shape index (κ2) is 5.72. The standard InChI is InChI=1S/C14H19ClN2O/c1-9-7-8-16-13(9)14(18)17-10(2)11-5-3-4-6-12(11)15/h3-6,9-10,13,16H,7-8H2,1-2H3,(H,17,18)/t9?,10-,13?/m0/s1. The number of hydrogen-bond donors (Lipinski definition) is 2. The molecule has 2 unspecified atom stereocenters. The summed E-state index contributed by atoms with van der Waals surface area (Å²) in [5.74, 6) is 0.455. The first kappa shape index (κ1) is 13.4. The Morgan fingerprint density at radius 2 is 2.22 bits per heavy atom. The Bertz CT molecular complexity index is 436. The Labute approximate surface area is 113 Å². The van der Waals surface area contributed by atoms with Gasteiger partial charge in [-0.15, -0.1) is 0 Å². The summed E-state index contributed by atoms with van der Waals surface area (Å²) in [7, 11) is 0. The molecule has 0 aromatic heterocycles. The Hall–Kier alpha value is -1.06. The maximum absolute atomic E-state index is 12.1. The van der Waals surface area contributed by atoms with Gasteiger partial charge in [0.15, 0.2) is 0 Å². The monoisotopic (exact) mass is 266 g/mol. The summed E-state index contributed by atoms with van der Waals surface area (Å²) in [4.78, 5) is 12.1. The van der Waals surface area contributed by atoms with E-state index in [0.29, 0.717) is 10.9 Å². The van der Waals surface area contributed by atoms with E-state index in [1.807, 2.05) is 31.2 Å². The summed E-state index contributed by atoms with van der Waals surface area (Å²) >= 11 is 6.12. The van der Waals surface area contributed by atoms with Crippen LogP contribution < -0.4 is 10.6 Å². The Morgan fingerprint density at radius 1 is 1.50 bits per heavy atom. The van der Waals surface area contributed by atoms with Crippen LogP contribution in [0.1, 0.15) is 31.9 Å². The highest BCUT2D eigenvalue weighted by Gasteiger charge is 2.30. The van der Waals surface area contributed by atoms with Crippen molar-refractivity contribution in [2.75, 3.05) is 6.54 Å². The van der Waals surface area contributed by atoms with Crippen LogP contribution >= 0.6 is 11.6 Å². The number of benzene rings is 1. The van der Waals surface area contributed by atoms with Gasteiger partial charge in [0, 0.05) is 5.02 Å². The summed E-state index contributed by atoms with van der Waals surface area (Å²) in [6.45, 7) is 4.98. The largest absolute Gasteiger partial charge is 0.348 e. The van der Waals surface area contributed by atoms with Gasteiger partial charge in [0.05, 0.1) is 12.1 Å². The van der Waals surface area contributed by atoms with E-state index in [1.165, 1.54) is 0 Å². The number of amides is 1. The Morgan fingerprint density at radius 3 is 2.83 bits per heavy atom. The molecule has 2 N–H and O–H groups in total. The first-order valence-corrected chi connectivity index (χ1v) is 6.75. The molecule has 1 fully saturated rings. The number of hydrogen-bond acceptors (Lipinski definition) is 2. The van der Waals surface area contributed by atoms with Crippen LogP contribution in [0, 0.1) is 5.92 Å². The van der Waals surface area contributed by atoms with E-state index < -0.39 is 0 Å². The van der Waals surface area contributed by atoms with E-state index in [2.05, 4.69) is 17.6 Å². The van der Waals surface area contributed by atoms with Crippen LogP contribution in [0.5, 0.6) is 0 Å². The Kier molecular flexibility index (Phi) is 4.25. The van der Waals surface area contributed by atoms with Crippen molar-refractivity contribution in [1.29, 1.82) is 0 Å². The molecule has 1 saturated heterocycles. The molecule has 1 heterocycles. The quantitative estimate of drug-likeness (QED) is 0.883. The SMILES string of the molecule is CC1CCNC1C(=O)N[C@@H](C)c1ccccc1Cl. The van der Waals surface area contributed by atoms with Gasteiger partial charge < -0.3 is 10.6 Å². The highest BCUT2D eigenvalue weighted by Crippen LogP contribution is 2.23. The molecule has 1 aromatic rings. The Balaban J connectivity index is 2.01. The molecular formula is C14H19ClN2O. The summed E-state index contributed by atoms with van der Waals surface area (Å²) in [6, 6.07) is 7.46. The summed E-state index contributed by atoms with van der Waals surface area (Å²) < 4.78 is 0. The first-order valence-electron chi connectivity index (χ1n) is 6.37. The molecule has 2 rings (SSSR count). The molecule has 0 radical (unpaired) electrons. The van der Waals surface area contributed by atoms with Crippen molar-refractivity contribution in [3.8, 4) is 0 Å². The van der Waals surface area contributed by atoms with E-state index in [4.69, 9.17) is 11.6 Å². The second-order valence-corrected chi connectivity index (χ2v) is 5.36. The predicted octanol–water partition coefficient (Wildman–Crippen LogP) is 2.52. The molecule has 4 heteroatoms. The smallest absolute Gasteiger partial charge is 0.237 e. The van der Waals surface area contributed by atoms with Crippen molar-refractivity contribution >= 4 is 17.5 Å². The molecule has 0 bridgehead atoms. The van der Waals surface area contributed by atoms with E-state index in [9.17, 15) is 4.79 Å². The highest BCUT2D eigenvalue weighted by molar-refractivity contribution is 6.31. The third kappa shape index (κ3) is 2.85. The lowest BCUT2D eigenvalue weighted by Gasteiger charge is -2.20. The van der Waals surface area contributed by atoms with Gasteiger partial charge >= 0.3 is 0 Å². The van der Waals surface area contributed by atoms with Gasteiger partial charge in [-0.05, 0) is 37.4 Å². The summed E-state index contributed by atoms with van der Waals surface area (Å²) in [5, 5.41) is 6.95. The zero-order chi connectivity index (χ0) is 13.1. The zero-order valence-corrected chi connectivity index (χ0v) is 11.5. The molecule has 18 heavy (non-hydrogen) atoms. The third-order valence-corrected chi connectivity index (χ3v) is 3.89. The number of halogens is 1. The van der Waals surface area contributed by atoms with Crippen molar-refractivity contribution in [1.82, 2.24) is 10.6 Å². The normalized spacial score (nSPS) is 24.8. The zero-order valence-electron chi connectivity index (χ0n) is 10.7. The molecule has 3 nitrogen and oxygen atoms in total. The lowest BCUT2D eigenvalue weighted by molar-refractivity contribution is -0.124. The van der Waals surface area contributed by atoms with Crippen molar-refractivity contribution < 1.29 is 4.79 Å². The number of carbonyl (C=O) groups is 1.